The van der Waals surface area contributed by atoms with Crippen molar-refractivity contribution in [1.82, 2.24) is 0 Å². The molecule has 0 unspecified atom stereocenters. The van der Waals surface area contributed by atoms with Crippen molar-refractivity contribution in [3.63, 3.8) is 0 Å². The first-order valence-electron chi connectivity index (χ1n) is 3.50. The fourth-order valence-electron chi connectivity index (χ4n) is 1.02. The molecule has 0 aliphatic carbocycles. The minimum atomic E-state index is -5.02. The van der Waals surface area contributed by atoms with Gasteiger partial charge in [0.15, 0.2) is 0 Å². The highest BCUT2D eigenvalue weighted by Gasteiger charge is 2.39. The van der Waals surface area contributed by atoms with Crippen LogP contribution in [0.1, 0.15) is 15.9 Å². The molecule has 0 saturated carbocycles. The summed E-state index contributed by atoms with van der Waals surface area (Å²) in [4.78, 5) is 10.7. The molecule has 82 valence electrons. The molecular formula is C8H2Cl2F4O. The van der Waals surface area contributed by atoms with E-state index < -0.39 is 33.4 Å². The Morgan fingerprint density at radius 2 is 1.80 bits per heavy atom. The lowest BCUT2D eigenvalue weighted by Gasteiger charge is -2.12. The third kappa shape index (κ3) is 2.41. The Balaban J connectivity index is 3.60. The van der Waals surface area contributed by atoms with Gasteiger partial charge in [-0.3, -0.25) is 4.79 Å². The Labute approximate surface area is 91.6 Å². The Bertz CT molecular complexity index is 414. The van der Waals surface area contributed by atoms with Crippen LogP contribution < -0.4 is 0 Å². The maximum absolute atomic E-state index is 12.9. The van der Waals surface area contributed by atoms with Crippen molar-refractivity contribution in [3.8, 4) is 0 Å². The van der Waals surface area contributed by atoms with E-state index in [0.717, 1.165) is 6.07 Å². The van der Waals surface area contributed by atoms with E-state index in [9.17, 15) is 22.4 Å². The summed E-state index contributed by atoms with van der Waals surface area (Å²) in [5.74, 6) is -1.59. The fourth-order valence-corrected chi connectivity index (χ4v) is 1.51. The van der Waals surface area contributed by atoms with Crippen LogP contribution in [-0.4, -0.2) is 5.24 Å². The molecule has 15 heavy (non-hydrogen) atoms. The molecule has 0 spiro atoms. The van der Waals surface area contributed by atoms with Crippen LogP contribution in [0.5, 0.6) is 0 Å². The molecular weight excluding hydrogens is 259 g/mol. The Morgan fingerprint density at radius 1 is 1.27 bits per heavy atom. The van der Waals surface area contributed by atoms with Gasteiger partial charge in [-0.25, -0.2) is 4.39 Å². The molecule has 7 heteroatoms. The summed E-state index contributed by atoms with van der Waals surface area (Å²) >= 11 is 10.2. The van der Waals surface area contributed by atoms with Gasteiger partial charge in [0, 0.05) is 0 Å². The average Bonchev–Trinajstić information content (AvgIpc) is 2.05. The van der Waals surface area contributed by atoms with Gasteiger partial charge in [-0.2, -0.15) is 13.2 Å². The van der Waals surface area contributed by atoms with E-state index in [4.69, 9.17) is 23.2 Å². The van der Waals surface area contributed by atoms with Crippen LogP contribution in [-0.2, 0) is 6.18 Å². The normalized spacial score (nSPS) is 11.6. The quantitative estimate of drug-likeness (QED) is 0.553. The van der Waals surface area contributed by atoms with E-state index in [2.05, 4.69) is 0 Å². The molecule has 0 heterocycles. The first kappa shape index (κ1) is 12.3. The first-order valence-corrected chi connectivity index (χ1v) is 4.25. The second kappa shape index (κ2) is 3.98. The summed E-state index contributed by atoms with van der Waals surface area (Å²) in [6, 6.07) is 1.36. The topological polar surface area (TPSA) is 17.1 Å². The molecule has 0 atom stereocenters. The van der Waals surface area contributed by atoms with Crippen molar-refractivity contribution in [1.29, 1.82) is 0 Å². The van der Waals surface area contributed by atoms with Gasteiger partial charge in [-0.05, 0) is 23.7 Å². The molecule has 1 aromatic rings. The summed E-state index contributed by atoms with van der Waals surface area (Å²) in [7, 11) is 0. The maximum Gasteiger partial charge on any atom is 0.420 e. The standard InChI is InChI=1S/C8H2Cl2F4O/c9-3-1-2-4(11)6(8(12,13)14)5(3)7(10)15/h1-2H. The van der Waals surface area contributed by atoms with Crippen LogP contribution in [0, 0.1) is 5.82 Å². The van der Waals surface area contributed by atoms with Crippen LogP contribution in [0.3, 0.4) is 0 Å². The molecule has 0 saturated heterocycles. The van der Waals surface area contributed by atoms with Gasteiger partial charge in [0.2, 0.25) is 0 Å². The largest absolute Gasteiger partial charge is 0.420 e. The summed E-state index contributed by atoms with van der Waals surface area (Å²) in [5.41, 5.74) is -2.80. The van der Waals surface area contributed by atoms with Crippen molar-refractivity contribution in [2.24, 2.45) is 0 Å². The van der Waals surface area contributed by atoms with Crippen LogP contribution >= 0.6 is 23.2 Å². The predicted octanol–water partition coefficient (Wildman–Crippen LogP) is 3.88. The number of carbonyl (C=O) groups is 1. The minimum absolute atomic E-state index is 0.522. The summed E-state index contributed by atoms with van der Waals surface area (Å²) in [6.07, 6.45) is -5.02. The van der Waals surface area contributed by atoms with Crippen LogP contribution in [0.4, 0.5) is 17.6 Å². The molecule has 0 N–H and O–H groups in total. The van der Waals surface area contributed by atoms with Gasteiger partial charge < -0.3 is 0 Å². The predicted molar refractivity (Wildman–Crippen MR) is 46.6 cm³/mol. The lowest BCUT2D eigenvalue weighted by atomic mass is 10.1. The van der Waals surface area contributed by atoms with Crippen molar-refractivity contribution < 1.29 is 22.4 Å². The van der Waals surface area contributed by atoms with E-state index in [-0.39, 0.29) is 0 Å². The van der Waals surface area contributed by atoms with E-state index in [1.54, 1.807) is 0 Å². The molecule has 1 nitrogen and oxygen atoms in total. The zero-order valence-corrected chi connectivity index (χ0v) is 8.34. The van der Waals surface area contributed by atoms with Gasteiger partial charge in [-0.1, -0.05) is 11.6 Å². The monoisotopic (exact) mass is 260 g/mol. The lowest BCUT2D eigenvalue weighted by Crippen LogP contribution is -2.14. The van der Waals surface area contributed by atoms with Crippen LogP contribution in [0.2, 0.25) is 5.02 Å². The second-order valence-corrected chi connectivity index (χ2v) is 3.30. The van der Waals surface area contributed by atoms with Gasteiger partial charge in [0.05, 0.1) is 10.6 Å². The van der Waals surface area contributed by atoms with Crippen molar-refractivity contribution in [2.45, 2.75) is 6.18 Å². The van der Waals surface area contributed by atoms with E-state index >= 15 is 0 Å². The highest BCUT2D eigenvalue weighted by molar-refractivity contribution is 6.69. The molecule has 0 radical (unpaired) electrons. The number of benzene rings is 1. The Morgan fingerprint density at radius 3 is 2.13 bits per heavy atom. The van der Waals surface area contributed by atoms with Crippen molar-refractivity contribution in [3.05, 3.63) is 34.1 Å². The number of alkyl halides is 3. The van der Waals surface area contributed by atoms with E-state index in [1.807, 2.05) is 0 Å². The van der Waals surface area contributed by atoms with E-state index in [1.165, 1.54) is 0 Å². The van der Waals surface area contributed by atoms with Gasteiger partial charge in [0.1, 0.15) is 11.4 Å². The molecule has 0 aliphatic heterocycles. The molecule has 0 bridgehead atoms. The van der Waals surface area contributed by atoms with Gasteiger partial charge in [-0.15, -0.1) is 0 Å². The number of hydrogen-bond donors (Lipinski definition) is 0. The van der Waals surface area contributed by atoms with Gasteiger partial charge in [0.25, 0.3) is 5.24 Å². The number of halogens is 6. The third-order valence-electron chi connectivity index (χ3n) is 1.58. The SMILES string of the molecule is O=C(Cl)c1c(Cl)ccc(F)c1C(F)(F)F. The number of carbonyl (C=O) groups excluding carboxylic acids is 1. The lowest BCUT2D eigenvalue weighted by molar-refractivity contribution is -0.140. The zero-order chi connectivity index (χ0) is 11.8. The zero-order valence-electron chi connectivity index (χ0n) is 6.83. The Hall–Kier alpha value is -0.810. The third-order valence-corrected chi connectivity index (χ3v) is 2.09. The van der Waals surface area contributed by atoms with E-state index in [0.29, 0.717) is 6.07 Å². The van der Waals surface area contributed by atoms with Crippen molar-refractivity contribution in [2.75, 3.05) is 0 Å². The first-order chi connectivity index (χ1) is 6.75. The van der Waals surface area contributed by atoms with Crippen LogP contribution in [0.15, 0.2) is 12.1 Å². The molecule has 0 amide bonds. The molecule has 1 aromatic carbocycles. The summed E-state index contributed by atoms with van der Waals surface area (Å²) < 4.78 is 49.9. The van der Waals surface area contributed by atoms with Crippen LogP contribution in [0.25, 0.3) is 0 Å². The van der Waals surface area contributed by atoms with Crippen molar-refractivity contribution >= 4 is 28.4 Å². The molecule has 0 fully saturated rings. The molecule has 0 aliphatic rings. The number of rotatable bonds is 1. The van der Waals surface area contributed by atoms with Gasteiger partial charge >= 0.3 is 6.18 Å². The Kier molecular flexibility index (Phi) is 3.25. The molecule has 0 aromatic heterocycles. The maximum atomic E-state index is 12.9. The minimum Gasteiger partial charge on any atom is -0.276 e. The average molecular weight is 261 g/mol. The summed E-state index contributed by atoms with van der Waals surface area (Å²) in [6.45, 7) is 0. The number of hydrogen-bond acceptors (Lipinski definition) is 1. The highest BCUT2D eigenvalue weighted by atomic mass is 35.5. The smallest absolute Gasteiger partial charge is 0.276 e. The summed E-state index contributed by atoms with van der Waals surface area (Å²) in [5, 5.41) is -1.99. The fraction of sp³-hybridized carbons (Fsp3) is 0.125. The molecule has 1 rings (SSSR count). The second-order valence-electron chi connectivity index (χ2n) is 2.55. The highest BCUT2D eigenvalue weighted by Crippen LogP contribution is 2.37.